The third kappa shape index (κ3) is 3.98. The fourth-order valence-electron chi connectivity index (χ4n) is 3.27. The summed E-state index contributed by atoms with van der Waals surface area (Å²) >= 11 is 0. The molecular weight excluding hydrogens is 378 g/mol. The predicted octanol–water partition coefficient (Wildman–Crippen LogP) is 3.42. The number of nitrogens with one attached hydrogen (secondary N) is 1. The summed E-state index contributed by atoms with van der Waals surface area (Å²) in [6, 6.07) is 7.63. The van der Waals surface area contributed by atoms with Gasteiger partial charge in [-0.15, -0.1) is 0 Å². The maximum atomic E-state index is 14.1. The number of carbonyl (C=O) groups excluding carboxylic acids is 1. The standard InChI is InChI=1S/C20H18F2N6O/c21-13-2-3-14(15(22)10-13)17-5-4-16(23)19(26-17)27-20(29)28-9-6-12(11-28)18-24-7-1-8-25-18/h1-5,7-8,10,12H,6,9,11,23H2,(H,26,27,29). The first-order valence-electron chi connectivity index (χ1n) is 9.06. The summed E-state index contributed by atoms with van der Waals surface area (Å²) in [6.45, 7) is 1.02. The van der Waals surface area contributed by atoms with E-state index in [1.165, 1.54) is 18.2 Å². The quantitative estimate of drug-likeness (QED) is 0.707. The highest BCUT2D eigenvalue weighted by atomic mass is 19.1. The van der Waals surface area contributed by atoms with Gasteiger partial charge < -0.3 is 10.6 Å². The molecule has 9 heteroatoms. The second kappa shape index (κ2) is 7.78. The second-order valence-corrected chi connectivity index (χ2v) is 6.73. The number of hydrogen-bond donors (Lipinski definition) is 2. The molecule has 0 bridgehead atoms. The minimum atomic E-state index is -0.746. The average Bonchev–Trinajstić information content (AvgIpc) is 3.21. The van der Waals surface area contributed by atoms with Crippen LogP contribution in [0.3, 0.4) is 0 Å². The summed E-state index contributed by atoms with van der Waals surface area (Å²) in [5.74, 6) is -0.539. The minimum absolute atomic E-state index is 0.0619. The molecule has 0 aliphatic carbocycles. The second-order valence-electron chi connectivity index (χ2n) is 6.73. The van der Waals surface area contributed by atoms with Gasteiger partial charge in [-0.1, -0.05) is 0 Å². The fraction of sp³-hybridized carbons (Fsp3) is 0.200. The molecule has 1 saturated heterocycles. The molecule has 2 aromatic heterocycles. The lowest BCUT2D eigenvalue weighted by molar-refractivity contribution is 0.222. The van der Waals surface area contributed by atoms with E-state index < -0.39 is 11.6 Å². The Balaban J connectivity index is 1.50. The number of pyridine rings is 1. The number of urea groups is 1. The van der Waals surface area contributed by atoms with Gasteiger partial charge in [-0.3, -0.25) is 5.32 Å². The van der Waals surface area contributed by atoms with Crippen molar-refractivity contribution in [3.05, 3.63) is 66.3 Å². The van der Waals surface area contributed by atoms with Crippen molar-refractivity contribution in [3.63, 3.8) is 0 Å². The molecule has 1 atom stereocenters. The van der Waals surface area contributed by atoms with E-state index in [1.54, 1.807) is 23.4 Å². The maximum Gasteiger partial charge on any atom is 0.323 e. The number of nitrogens with two attached hydrogens (primary N) is 1. The minimum Gasteiger partial charge on any atom is -0.396 e. The molecule has 0 spiro atoms. The number of amides is 2. The van der Waals surface area contributed by atoms with Gasteiger partial charge in [0.2, 0.25) is 0 Å². The molecule has 0 saturated carbocycles. The Morgan fingerprint density at radius 3 is 2.72 bits per heavy atom. The molecule has 1 aliphatic heterocycles. The Labute approximate surface area is 165 Å². The highest BCUT2D eigenvalue weighted by Crippen LogP contribution is 2.28. The van der Waals surface area contributed by atoms with Crippen molar-refractivity contribution in [1.29, 1.82) is 0 Å². The predicted molar refractivity (Wildman–Crippen MR) is 104 cm³/mol. The van der Waals surface area contributed by atoms with Gasteiger partial charge in [0.05, 0.1) is 11.4 Å². The number of hydrogen-bond acceptors (Lipinski definition) is 5. The summed E-state index contributed by atoms with van der Waals surface area (Å²) < 4.78 is 27.2. The normalized spacial score (nSPS) is 16.1. The first-order chi connectivity index (χ1) is 14.0. The molecule has 148 valence electrons. The summed E-state index contributed by atoms with van der Waals surface area (Å²) in [6.07, 6.45) is 4.10. The van der Waals surface area contributed by atoms with Gasteiger partial charge in [-0.05, 0) is 36.8 Å². The lowest BCUT2D eigenvalue weighted by Gasteiger charge is -2.18. The highest BCUT2D eigenvalue weighted by Gasteiger charge is 2.29. The molecule has 1 unspecified atom stereocenters. The topological polar surface area (TPSA) is 97.0 Å². The van der Waals surface area contributed by atoms with Crippen molar-refractivity contribution in [2.24, 2.45) is 0 Å². The highest BCUT2D eigenvalue weighted by molar-refractivity contribution is 5.92. The van der Waals surface area contributed by atoms with Crippen LogP contribution in [0, 0.1) is 11.6 Å². The first-order valence-corrected chi connectivity index (χ1v) is 9.06. The molecule has 1 fully saturated rings. The number of anilines is 2. The SMILES string of the molecule is Nc1ccc(-c2ccc(F)cc2F)nc1NC(=O)N1CCC(c2ncccn2)C1. The van der Waals surface area contributed by atoms with Crippen molar-refractivity contribution in [2.75, 3.05) is 24.1 Å². The van der Waals surface area contributed by atoms with E-state index in [0.717, 1.165) is 18.6 Å². The summed E-state index contributed by atoms with van der Waals surface area (Å²) in [5.41, 5.74) is 6.52. The number of nitrogen functional groups attached to an aromatic ring is 1. The van der Waals surface area contributed by atoms with Gasteiger partial charge in [0.1, 0.15) is 17.5 Å². The van der Waals surface area contributed by atoms with Gasteiger partial charge in [-0.2, -0.15) is 0 Å². The molecule has 3 aromatic rings. The monoisotopic (exact) mass is 396 g/mol. The summed E-state index contributed by atoms with van der Waals surface area (Å²) in [7, 11) is 0. The van der Waals surface area contributed by atoms with Crippen LogP contribution < -0.4 is 11.1 Å². The Bertz CT molecular complexity index is 1050. The number of halogens is 2. The van der Waals surface area contributed by atoms with E-state index >= 15 is 0 Å². The van der Waals surface area contributed by atoms with E-state index in [1.807, 2.05) is 0 Å². The zero-order valence-corrected chi connectivity index (χ0v) is 15.3. The van der Waals surface area contributed by atoms with Gasteiger partial charge in [0.15, 0.2) is 5.82 Å². The van der Waals surface area contributed by atoms with Crippen molar-refractivity contribution < 1.29 is 13.6 Å². The molecule has 3 N–H and O–H groups in total. The summed E-state index contributed by atoms with van der Waals surface area (Å²) in [4.78, 5) is 27.0. The van der Waals surface area contributed by atoms with E-state index in [9.17, 15) is 13.6 Å². The number of nitrogens with zero attached hydrogens (tertiary/aromatic N) is 4. The smallest absolute Gasteiger partial charge is 0.323 e. The van der Waals surface area contributed by atoms with Crippen molar-refractivity contribution in [1.82, 2.24) is 19.9 Å². The third-order valence-corrected chi connectivity index (χ3v) is 4.79. The third-order valence-electron chi connectivity index (χ3n) is 4.79. The zero-order valence-electron chi connectivity index (χ0n) is 15.3. The van der Waals surface area contributed by atoms with Gasteiger partial charge >= 0.3 is 6.03 Å². The van der Waals surface area contributed by atoms with Crippen molar-refractivity contribution in [3.8, 4) is 11.3 Å². The van der Waals surface area contributed by atoms with E-state index in [-0.39, 0.29) is 34.7 Å². The lowest BCUT2D eigenvalue weighted by atomic mass is 10.1. The van der Waals surface area contributed by atoms with E-state index in [0.29, 0.717) is 18.9 Å². The van der Waals surface area contributed by atoms with Crippen LogP contribution in [0.5, 0.6) is 0 Å². The van der Waals surface area contributed by atoms with Crippen LogP contribution in [0.1, 0.15) is 18.2 Å². The molecule has 7 nitrogen and oxygen atoms in total. The van der Waals surface area contributed by atoms with Crippen LogP contribution in [0.15, 0.2) is 48.8 Å². The number of likely N-dealkylation sites (tertiary alicyclic amines) is 1. The van der Waals surface area contributed by atoms with Gasteiger partial charge in [-0.25, -0.2) is 28.5 Å². The molecule has 0 radical (unpaired) electrons. The average molecular weight is 396 g/mol. The number of carbonyl (C=O) groups is 1. The Kier molecular flexibility index (Phi) is 5.03. The van der Waals surface area contributed by atoms with Crippen LogP contribution in [-0.2, 0) is 0 Å². The molecule has 29 heavy (non-hydrogen) atoms. The Morgan fingerprint density at radius 1 is 1.17 bits per heavy atom. The molecule has 2 amide bonds. The lowest BCUT2D eigenvalue weighted by Crippen LogP contribution is -2.33. The first kappa shape index (κ1) is 18.7. The van der Waals surface area contributed by atoms with Crippen LogP contribution in [0.2, 0.25) is 0 Å². The fourth-order valence-corrected chi connectivity index (χ4v) is 3.27. The molecule has 1 aromatic carbocycles. The van der Waals surface area contributed by atoms with Crippen LogP contribution in [-0.4, -0.2) is 39.0 Å². The van der Waals surface area contributed by atoms with Crippen LogP contribution in [0.4, 0.5) is 25.1 Å². The van der Waals surface area contributed by atoms with Gasteiger partial charge in [0, 0.05) is 43.0 Å². The maximum absolute atomic E-state index is 14.1. The van der Waals surface area contributed by atoms with E-state index in [4.69, 9.17) is 5.73 Å². The Morgan fingerprint density at radius 2 is 1.97 bits per heavy atom. The summed E-state index contributed by atoms with van der Waals surface area (Å²) in [5, 5.41) is 2.68. The number of rotatable bonds is 3. The largest absolute Gasteiger partial charge is 0.396 e. The van der Waals surface area contributed by atoms with Crippen molar-refractivity contribution >= 4 is 17.5 Å². The van der Waals surface area contributed by atoms with Crippen molar-refractivity contribution in [2.45, 2.75) is 12.3 Å². The Hall–Kier alpha value is -3.62. The number of benzene rings is 1. The molecule has 3 heterocycles. The zero-order chi connectivity index (χ0) is 20.4. The molecule has 1 aliphatic rings. The van der Waals surface area contributed by atoms with Gasteiger partial charge in [0.25, 0.3) is 0 Å². The van der Waals surface area contributed by atoms with Crippen LogP contribution in [0.25, 0.3) is 11.3 Å². The van der Waals surface area contributed by atoms with E-state index in [2.05, 4.69) is 20.3 Å². The number of aromatic nitrogens is 3. The molecule has 4 rings (SSSR count). The van der Waals surface area contributed by atoms with Crippen LogP contribution >= 0.6 is 0 Å². The molecular formula is C20H18F2N6O.